The summed E-state index contributed by atoms with van der Waals surface area (Å²) in [5, 5.41) is 0. The van der Waals surface area contributed by atoms with E-state index in [2.05, 4.69) is 4.74 Å². The lowest BCUT2D eigenvalue weighted by molar-refractivity contribution is -0.141. The Morgan fingerprint density at radius 3 is 2.36 bits per heavy atom. The van der Waals surface area contributed by atoms with Gasteiger partial charge in [0.2, 0.25) is 0 Å². The molecule has 0 aromatic heterocycles. The van der Waals surface area contributed by atoms with E-state index in [1.165, 1.54) is 14.0 Å². The van der Waals surface area contributed by atoms with Gasteiger partial charge in [-0.3, -0.25) is 9.59 Å². The molecule has 0 aromatic carbocycles. The predicted octanol–water partition coefficient (Wildman–Crippen LogP) is 1.45. The number of hydrogen-bond donors (Lipinski definition) is 0. The topological polar surface area (TPSA) is 52.6 Å². The molecule has 4 heteroatoms. The number of rotatable bonds is 5. The molecule has 0 spiro atoms. The van der Waals surface area contributed by atoms with Gasteiger partial charge in [0, 0.05) is 13.3 Å². The first-order chi connectivity index (χ1) is 6.56. The number of allylic oxidation sites excluding steroid dienone is 1. The summed E-state index contributed by atoms with van der Waals surface area (Å²) in [5.74, 6) is -0.535. The summed E-state index contributed by atoms with van der Waals surface area (Å²) < 4.78 is 9.21. The third kappa shape index (κ3) is 7.34. The van der Waals surface area contributed by atoms with Gasteiger partial charge in [0.1, 0.15) is 6.61 Å². The maximum Gasteiger partial charge on any atom is 0.305 e. The van der Waals surface area contributed by atoms with Crippen molar-refractivity contribution < 1.29 is 19.1 Å². The van der Waals surface area contributed by atoms with Crippen LogP contribution in [0.15, 0.2) is 11.6 Å². The van der Waals surface area contributed by atoms with Crippen LogP contribution in [0.4, 0.5) is 0 Å². The molecule has 0 fully saturated rings. The molecule has 0 amide bonds. The molecule has 0 N–H and O–H groups in total. The second-order valence-electron chi connectivity index (χ2n) is 2.93. The number of ether oxygens (including phenoxy) is 2. The van der Waals surface area contributed by atoms with Crippen molar-refractivity contribution in [3.8, 4) is 0 Å². The van der Waals surface area contributed by atoms with Crippen LogP contribution in [0.2, 0.25) is 0 Å². The molecule has 0 bridgehead atoms. The van der Waals surface area contributed by atoms with Gasteiger partial charge < -0.3 is 9.47 Å². The van der Waals surface area contributed by atoms with Crippen molar-refractivity contribution in [1.82, 2.24) is 0 Å². The highest BCUT2D eigenvalue weighted by molar-refractivity contribution is 5.69. The van der Waals surface area contributed by atoms with Crippen molar-refractivity contribution in [2.45, 2.75) is 26.7 Å². The second-order valence-corrected chi connectivity index (χ2v) is 2.93. The Morgan fingerprint density at radius 2 is 1.86 bits per heavy atom. The molecule has 0 heterocycles. The van der Waals surface area contributed by atoms with Crippen molar-refractivity contribution in [1.29, 1.82) is 0 Å². The lowest BCUT2D eigenvalue weighted by Crippen LogP contribution is -2.01. The molecule has 0 aliphatic carbocycles. The highest BCUT2D eigenvalue weighted by Gasteiger charge is 2.00. The lowest BCUT2D eigenvalue weighted by atomic mass is 10.1. The molecule has 0 atom stereocenters. The van der Waals surface area contributed by atoms with Crippen molar-refractivity contribution in [2.75, 3.05) is 13.7 Å². The highest BCUT2D eigenvalue weighted by Crippen LogP contribution is 2.04. The lowest BCUT2D eigenvalue weighted by Gasteiger charge is -2.01. The van der Waals surface area contributed by atoms with Crippen LogP contribution < -0.4 is 0 Å². The van der Waals surface area contributed by atoms with Gasteiger partial charge in [0.15, 0.2) is 0 Å². The first-order valence-electron chi connectivity index (χ1n) is 4.42. The van der Waals surface area contributed by atoms with E-state index in [-0.39, 0.29) is 18.5 Å². The molecule has 0 saturated heterocycles. The van der Waals surface area contributed by atoms with Crippen LogP contribution in [0.25, 0.3) is 0 Å². The minimum Gasteiger partial charge on any atom is -0.469 e. The maximum atomic E-state index is 10.8. The number of carbonyl (C=O) groups is 2. The van der Waals surface area contributed by atoms with Gasteiger partial charge in [-0.05, 0) is 19.4 Å². The van der Waals surface area contributed by atoms with E-state index in [1.54, 1.807) is 6.08 Å². The monoisotopic (exact) mass is 200 g/mol. The van der Waals surface area contributed by atoms with Crippen LogP contribution in [0.5, 0.6) is 0 Å². The smallest absolute Gasteiger partial charge is 0.305 e. The molecule has 4 nitrogen and oxygen atoms in total. The van der Waals surface area contributed by atoms with Crippen molar-refractivity contribution in [3.05, 3.63) is 11.6 Å². The molecular weight excluding hydrogens is 184 g/mol. The van der Waals surface area contributed by atoms with E-state index < -0.39 is 0 Å². The molecule has 0 aliphatic heterocycles. The maximum absolute atomic E-state index is 10.8. The Kier molecular flexibility index (Phi) is 6.45. The summed E-state index contributed by atoms with van der Waals surface area (Å²) in [6, 6.07) is 0. The molecule has 80 valence electrons. The summed E-state index contributed by atoms with van der Waals surface area (Å²) in [6.07, 6.45) is 2.77. The third-order valence-electron chi connectivity index (χ3n) is 1.67. The van der Waals surface area contributed by atoms with Gasteiger partial charge in [0.05, 0.1) is 7.11 Å². The fourth-order valence-electron chi connectivity index (χ4n) is 0.805. The quantitative estimate of drug-likeness (QED) is 0.498. The summed E-state index contributed by atoms with van der Waals surface area (Å²) in [7, 11) is 1.36. The average Bonchev–Trinajstić information content (AvgIpc) is 2.13. The van der Waals surface area contributed by atoms with Gasteiger partial charge in [-0.1, -0.05) is 5.57 Å². The van der Waals surface area contributed by atoms with Gasteiger partial charge in [-0.25, -0.2) is 0 Å². The Bertz CT molecular complexity index is 230. The number of methoxy groups -OCH3 is 1. The summed E-state index contributed by atoms with van der Waals surface area (Å²) in [5.41, 5.74) is 1.01. The van der Waals surface area contributed by atoms with Gasteiger partial charge >= 0.3 is 11.9 Å². The van der Waals surface area contributed by atoms with E-state index in [0.29, 0.717) is 12.8 Å². The fourth-order valence-corrected chi connectivity index (χ4v) is 0.805. The zero-order valence-electron chi connectivity index (χ0n) is 8.83. The Morgan fingerprint density at radius 1 is 1.21 bits per heavy atom. The Balaban J connectivity index is 3.67. The van der Waals surface area contributed by atoms with Crippen LogP contribution in [-0.2, 0) is 19.1 Å². The zero-order valence-corrected chi connectivity index (χ0v) is 8.83. The van der Waals surface area contributed by atoms with Gasteiger partial charge in [-0.15, -0.1) is 0 Å². The molecule has 14 heavy (non-hydrogen) atoms. The largest absolute Gasteiger partial charge is 0.469 e. The Hall–Kier alpha value is -1.32. The van der Waals surface area contributed by atoms with E-state index in [9.17, 15) is 9.59 Å². The Labute approximate surface area is 83.9 Å². The van der Waals surface area contributed by atoms with E-state index >= 15 is 0 Å². The minimum atomic E-state index is -0.304. The predicted molar refractivity (Wildman–Crippen MR) is 51.6 cm³/mol. The van der Waals surface area contributed by atoms with Crippen LogP contribution in [0.3, 0.4) is 0 Å². The van der Waals surface area contributed by atoms with Crippen LogP contribution in [0.1, 0.15) is 26.7 Å². The zero-order chi connectivity index (χ0) is 11.0. The van der Waals surface area contributed by atoms with Crippen LogP contribution in [-0.4, -0.2) is 25.7 Å². The molecule has 0 unspecified atom stereocenters. The van der Waals surface area contributed by atoms with Gasteiger partial charge in [0.25, 0.3) is 0 Å². The van der Waals surface area contributed by atoms with E-state index in [0.717, 1.165) is 5.57 Å². The minimum absolute atomic E-state index is 0.231. The first-order valence-corrected chi connectivity index (χ1v) is 4.42. The normalized spacial score (nSPS) is 10.9. The van der Waals surface area contributed by atoms with Crippen LogP contribution >= 0.6 is 0 Å². The standard InChI is InChI=1S/C10H16O4/c1-8(4-5-10(12)13-3)6-7-14-9(2)11/h6H,4-5,7H2,1-3H3/b8-6+. The van der Waals surface area contributed by atoms with Crippen LogP contribution in [0, 0.1) is 0 Å². The number of esters is 2. The highest BCUT2D eigenvalue weighted by atomic mass is 16.5. The van der Waals surface area contributed by atoms with Crippen molar-refractivity contribution >= 4 is 11.9 Å². The van der Waals surface area contributed by atoms with Crippen molar-refractivity contribution in [3.63, 3.8) is 0 Å². The number of hydrogen-bond acceptors (Lipinski definition) is 4. The second kappa shape index (κ2) is 7.12. The molecular formula is C10H16O4. The SMILES string of the molecule is COC(=O)CC/C(C)=C/COC(C)=O. The summed E-state index contributed by atoms with van der Waals surface area (Å²) >= 11 is 0. The third-order valence-corrected chi connectivity index (χ3v) is 1.67. The van der Waals surface area contributed by atoms with E-state index in [4.69, 9.17) is 4.74 Å². The number of carbonyl (C=O) groups excluding carboxylic acids is 2. The summed E-state index contributed by atoms with van der Waals surface area (Å²) in [6.45, 7) is 3.51. The summed E-state index contributed by atoms with van der Waals surface area (Å²) in [4.78, 5) is 21.2. The first kappa shape index (κ1) is 12.7. The molecule has 0 aliphatic rings. The fraction of sp³-hybridized carbons (Fsp3) is 0.600. The molecule has 0 saturated carbocycles. The molecule has 0 radical (unpaired) electrons. The molecule has 0 rings (SSSR count). The van der Waals surface area contributed by atoms with E-state index in [1.807, 2.05) is 6.92 Å². The molecule has 0 aromatic rings. The van der Waals surface area contributed by atoms with Gasteiger partial charge in [-0.2, -0.15) is 0 Å². The average molecular weight is 200 g/mol. The van der Waals surface area contributed by atoms with Crippen molar-refractivity contribution in [2.24, 2.45) is 0 Å².